The Kier molecular flexibility index (Phi) is 23.6. The van der Waals surface area contributed by atoms with Crippen molar-refractivity contribution in [3.8, 4) is 5.75 Å². The van der Waals surface area contributed by atoms with Gasteiger partial charge in [0.15, 0.2) is 0 Å². The second kappa shape index (κ2) is 28.0. The standard InChI is InChI=1S/C41H70N12O6/c1-27(2)19-33(51-39(57)47-23-32(13-9-10-18-42)50-38(56)45-22-31(43)20-30-14-16-35(54)17-15-30)24-48-41(59)53-36(28(3)4)26-49-40(58)52-34(25-46-37(55)44-5)21-29-11-7-6-8-12-29/h6-8,11-12,14-17,27-28,31-34,36,54H,9-10,13,18-26,42-43H2,1-5H3,(H2,44,46,55)(H2,45,50,56)(H2,47,51,57)(H2,48,53,59)(H2,49,52,58)/t31?,32-,33?,34?,36?/m0/s1. The Morgan fingerprint density at radius 3 is 1.69 bits per heavy atom. The number of phenols is 1. The first-order valence-corrected chi connectivity index (χ1v) is 20.6. The zero-order chi connectivity index (χ0) is 43.6. The van der Waals surface area contributed by atoms with E-state index in [1.54, 1.807) is 24.3 Å². The smallest absolute Gasteiger partial charge is 0.315 e. The predicted octanol–water partition coefficient (Wildman–Crippen LogP) is 1.94. The van der Waals surface area contributed by atoms with Crippen LogP contribution >= 0.6 is 0 Å². The number of amides is 10. The first-order chi connectivity index (χ1) is 28.2. The molecule has 2 rings (SSSR count). The maximum absolute atomic E-state index is 13.1. The molecule has 5 atom stereocenters. The van der Waals surface area contributed by atoms with Crippen LogP contribution in [0.5, 0.6) is 5.75 Å². The molecular weight excluding hydrogens is 757 g/mol. The van der Waals surface area contributed by atoms with Crippen LogP contribution in [0.15, 0.2) is 54.6 Å². The number of hydrogen-bond donors (Lipinski definition) is 13. The second-order valence-electron chi connectivity index (χ2n) is 15.6. The molecule has 0 bridgehead atoms. The molecule has 2 aromatic rings. The third-order valence-corrected chi connectivity index (χ3v) is 9.41. The fraction of sp³-hybridized carbons (Fsp3) is 0.585. The quantitative estimate of drug-likeness (QED) is 0.0656. The lowest BCUT2D eigenvalue weighted by molar-refractivity contribution is 0.221. The van der Waals surface area contributed by atoms with E-state index in [1.807, 2.05) is 58.0 Å². The lowest BCUT2D eigenvalue weighted by atomic mass is 10.0. The Balaban J connectivity index is 1.87. The maximum Gasteiger partial charge on any atom is 0.315 e. The average Bonchev–Trinajstić information content (AvgIpc) is 3.19. The second-order valence-corrected chi connectivity index (χ2v) is 15.6. The summed E-state index contributed by atoms with van der Waals surface area (Å²) in [6.45, 7) is 9.32. The number of aromatic hydroxyl groups is 1. The van der Waals surface area contributed by atoms with E-state index in [9.17, 15) is 29.1 Å². The lowest BCUT2D eigenvalue weighted by Gasteiger charge is -2.26. The topological polar surface area (TPSA) is 278 Å². The number of nitrogens with two attached hydrogens (primary N) is 2. The normalized spacial score (nSPS) is 13.5. The number of carbonyl (C=O) groups is 5. The highest BCUT2D eigenvalue weighted by atomic mass is 16.3. The Morgan fingerprint density at radius 2 is 1.10 bits per heavy atom. The van der Waals surface area contributed by atoms with Crippen molar-refractivity contribution in [1.29, 1.82) is 0 Å². The zero-order valence-corrected chi connectivity index (χ0v) is 35.4. The van der Waals surface area contributed by atoms with Crippen molar-refractivity contribution in [2.75, 3.05) is 46.3 Å². The van der Waals surface area contributed by atoms with Gasteiger partial charge in [0.25, 0.3) is 0 Å². The van der Waals surface area contributed by atoms with Gasteiger partial charge in [-0.25, -0.2) is 24.0 Å². The van der Waals surface area contributed by atoms with Crippen LogP contribution in [-0.4, -0.2) is 112 Å². The Labute approximate surface area is 349 Å². The van der Waals surface area contributed by atoms with E-state index < -0.39 is 36.2 Å². The number of unbranched alkanes of at least 4 members (excludes halogenated alkanes) is 1. The number of hydrogen-bond acceptors (Lipinski definition) is 8. The third-order valence-electron chi connectivity index (χ3n) is 9.41. The summed E-state index contributed by atoms with van der Waals surface area (Å²) in [5, 5.41) is 37.8. The van der Waals surface area contributed by atoms with Crippen LogP contribution in [-0.2, 0) is 12.8 Å². The molecule has 59 heavy (non-hydrogen) atoms. The number of nitrogens with one attached hydrogen (secondary N) is 10. The highest BCUT2D eigenvalue weighted by Crippen LogP contribution is 2.11. The van der Waals surface area contributed by atoms with Gasteiger partial charge in [0, 0.05) is 57.9 Å². The SMILES string of the molecule is CNC(=O)NCC(Cc1ccccc1)NC(=O)NCC(NC(=O)NCC(CC(C)C)NC(=O)NC[C@H](CCCCN)NC(=O)NCC(N)Cc1ccc(O)cc1)C(C)C. The molecule has 18 nitrogen and oxygen atoms in total. The molecule has 2 aromatic carbocycles. The molecule has 0 aliphatic heterocycles. The Hall–Kier alpha value is -5.49. The fourth-order valence-corrected chi connectivity index (χ4v) is 6.15. The van der Waals surface area contributed by atoms with Crippen LogP contribution < -0.4 is 64.6 Å². The highest BCUT2D eigenvalue weighted by Gasteiger charge is 2.22. The molecule has 0 heterocycles. The van der Waals surface area contributed by atoms with Gasteiger partial charge in [0.05, 0.1) is 12.1 Å². The molecular formula is C41H70N12O6. The van der Waals surface area contributed by atoms with Gasteiger partial charge in [-0.05, 0) is 73.7 Å². The zero-order valence-electron chi connectivity index (χ0n) is 35.4. The van der Waals surface area contributed by atoms with Gasteiger partial charge >= 0.3 is 30.2 Å². The minimum atomic E-state index is -0.448. The molecule has 330 valence electrons. The summed E-state index contributed by atoms with van der Waals surface area (Å²) in [6.07, 6.45) is 3.72. The number of rotatable bonds is 25. The largest absolute Gasteiger partial charge is 0.508 e. The van der Waals surface area contributed by atoms with Gasteiger partial charge in [-0.15, -0.1) is 0 Å². The van der Waals surface area contributed by atoms with Crippen molar-refractivity contribution in [2.45, 2.75) is 96.4 Å². The molecule has 0 saturated heterocycles. The molecule has 0 saturated carbocycles. The summed E-state index contributed by atoms with van der Waals surface area (Å²) in [7, 11) is 1.52. The molecule has 0 radical (unpaired) electrons. The van der Waals surface area contributed by atoms with E-state index in [4.69, 9.17) is 11.5 Å². The summed E-state index contributed by atoms with van der Waals surface area (Å²) in [5.41, 5.74) is 13.8. The van der Waals surface area contributed by atoms with Crippen molar-refractivity contribution in [3.05, 3.63) is 65.7 Å². The van der Waals surface area contributed by atoms with Crippen LogP contribution in [0.4, 0.5) is 24.0 Å². The number of carbonyl (C=O) groups excluding carboxylic acids is 5. The van der Waals surface area contributed by atoms with Crippen LogP contribution in [0, 0.1) is 11.8 Å². The van der Waals surface area contributed by atoms with E-state index in [2.05, 4.69) is 53.2 Å². The van der Waals surface area contributed by atoms with Crippen LogP contribution in [0.3, 0.4) is 0 Å². The average molecular weight is 827 g/mol. The Bertz CT molecular complexity index is 1530. The van der Waals surface area contributed by atoms with Gasteiger partial charge in [0.1, 0.15) is 5.75 Å². The summed E-state index contributed by atoms with van der Waals surface area (Å²) in [5.74, 6) is 0.355. The van der Waals surface area contributed by atoms with Gasteiger partial charge in [0.2, 0.25) is 0 Å². The summed E-state index contributed by atoms with van der Waals surface area (Å²) in [4.78, 5) is 63.7. The van der Waals surface area contributed by atoms with Crippen LogP contribution in [0.2, 0.25) is 0 Å². The van der Waals surface area contributed by atoms with Crippen LogP contribution in [0.1, 0.15) is 64.5 Å². The molecule has 15 N–H and O–H groups in total. The van der Waals surface area contributed by atoms with E-state index in [1.165, 1.54) is 7.05 Å². The first kappa shape index (κ1) is 49.7. The monoisotopic (exact) mass is 827 g/mol. The van der Waals surface area contributed by atoms with E-state index in [0.29, 0.717) is 32.2 Å². The predicted molar refractivity (Wildman–Crippen MR) is 231 cm³/mol. The summed E-state index contributed by atoms with van der Waals surface area (Å²) < 4.78 is 0. The third kappa shape index (κ3) is 22.9. The van der Waals surface area contributed by atoms with E-state index in [-0.39, 0.29) is 74.5 Å². The number of benzene rings is 2. The molecule has 0 spiro atoms. The fourth-order valence-electron chi connectivity index (χ4n) is 6.15. The summed E-state index contributed by atoms with van der Waals surface area (Å²) >= 11 is 0. The van der Waals surface area contributed by atoms with Crippen molar-refractivity contribution in [3.63, 3.8) is 0 Å². The van der Waals surface area contributed by atoms with E-state index >= 15 is 0 Å². The minimum Gasteiger partial charge on any atom is -0.508 e. The summed E-state index contributed by atoms with van der Waals surface area (Å²) in [6, 6.07) is 12.4. The minimum absolute atomic E-state index is 0.0258. The first-order valence-electron chi connectivity index (χ1n) is 20.6. The van der Waals surface area contributed by atoms with Gasteiger partial charge < -0.3 is 69.7 Å². The Morgan fingerprint density at radius 1 is 0.593 bits per heavy atom. The number of phenolic OH excluding ortho intramolecular Hbond substituents is 1. The van der Waals surface area contributed by atoms with Crippen molar-refractivity contribution in [1.82, 2.24) is 53.2 Å². The number of urea groups is 5. The molecule has 0 aromatic heterocycles. The van der Waals surface area contributed by atoms with Gasteiger partial charge in [-0.2, -0.15) is 0 Å². The molecule has 0 fully saturated rings. The van der Waals surface area contributed by atoms with Crippen LogP contribution in [0.25, 0.3) is 0 Å². The van der Waals surface area contributed by atoms with Crippen molar-refractivity contribution in [2.24, 2.45) is 23.3 Å². The van der Waals surface area contributed by atoms with E-state index in [0.717, 1.165) is 24.0 Å². The highest BCUT2D eigenvalue weighted by molar-refractivity contribution is 5.77. The molecule has 18 heteroatoms. The lowest BCUT2D eigenvalue weighted by Crippen LogP contribution is -2.55. The van der Waals surface area contributed by atoms with Crippen molar-refractivity contribution < 1.29 is 29.1 Å². The molecule has 4 unspecified atom stereocenters. The van der Waals surface area contributed by atoms with Gasteiger partial charge in [-0.1, -0.05) is 76.6 Å². The maximum atomic E-state index is 13.1. The van der Waals surface area contributed by atoms with Gasteiger partial charge in [-0.3, -0.25) is 0 Å². The molecule has 0 aliphatic carbocycles. The molecule has 10 amide bonds. The molecule has 0 aliphatic rings. The van der Waals surface area contributed by atoms with Crippen molar-refractivity contribution >= 4 is 30.2 Å².